The number of hydrogen-bond acceptors (Lipinski definition) is 2. The number of aromatic nitrogens is 2. The number of nitrogens with one attached hydrogen (secondary N) is 1. The third-order valence-corrected chi connectivity index (χ3v) is 4.28. The van der Waals surface area contributed by atoms with E-state index in [2.05, 4.69) is 17.3 Å². The van der Waals surface area contributed by atoms with Gasteiger partial charge in [-0.2, -0.15) is 5.10 Å². The first-order valence-corrected chi connectivity index (χ1v) is 7.84. The Kier molecular flexibility index (Phi) is 4.27. The van der Waals surface area contributed by atoms with Crippen LogP contribution in [-0.4, -0.2) is 16.3 Å². The van der Waals surface area contributed by atoms with Crippen LogP contribution in [0, 0.1) is 5.82 Å². The molecule has 0 amide bonds. The molecule has 5 heteroatoms. The minimum atomic E-state index is -0.408. The molecule has 1 N–H and O–H groups in total. The summed E-state index contributed by atoms with van der Waals surface area (Å²) in [6.07, 6.45) is 6.25. The maximum atomic E-state index is 13.7. The van der Waals surface area contributed by atoms with E-state index in [1.165, 1.54) is 17.3 Å². The van der Waals surface area contributed by atoms with Gasteiger partial charge in [-0.25, -0.2) is 9.07 Å². The van der Waals surface area contributed by atoms with Crippen molar-refractivity contribution in [2.75, 3.05) is 6.54 Å². The highest BCUT2D eigenvalue weighted by molar-refractivity contribution is 6.30. The van der Waals surface area contributed by atoms with Crippen molar-refractivity contribution in [2.24, 2.45) is 0 Å². The largest absolute Gasteiger partial charge is 0.310 e. The van der Waals surface area contributed by atoms with Gasteiger partial charge in [0.2, 0.25) is 0 Å². The van der Waals surface area contributed by atoms with Gasteiger partial charge in [0, 0.05) is 23.4 Å². The molecule has 112 valence electrons. The average molecular weight is 308 g/mol. The Morgan fingerprint density at radius 1 is 1.48 bits per heavy atom. The Bertz CT molecular complexity index is 638. The number of fused-ring (bicyclic) bond motifs is 1. The molecule has 0 saturated heterocycles. The van der Waals surface area contributed by atoms with Gasteiger partial charge >= 0.3 is 0 Å². The predicted molar refractivity (Wildman–Crippen MR) is 82.5 cm³/mol. The smallest absolute Gasteiger partial charge is 0.143 e. The van der Waals surface area contributed by atoms with E-state index in [4.69, 9.17) is 11.6 Å². The molecule has 3 nitrogen and oxygen atoms in total. The van der Waals surface area contributed by atoms with Crippen LogP contribution in [0.1, 0.15) is 43.5 Å². The quantitative estimate of drug-likeness (QED) is 0.924. The van der Waals surface area contributed by atoms with Gasteiger partial charge in [-0.1, -0.05) is 18.5 Å². The van der Waals surface area contributed by atoms with Gasteiger partial charge in [-0.3, -0.25) is 0 Å². The third-order valence-electron chi connectivity index (χ3n) is 3.97. The molecule has 21 heavy (non-hydrogen) atoms. The van der Waals surface area contributed by atoms with Crippen molar-refractivity contribution < 1.29 is 4.39 Å². The maximum absolute atomic E-state index is 13.7. The van der Waals surface area contributed by atoms with Crippen LogP contribution in [0.3, 0.4) is 0 Å². The minimum Gasteiger partial charge on any atom is -0.310 e. The maximum Gasteiger partial charge on any atom is 0.143 e. The molecule has 1 aromatic carbocycles. The van der Waals surface area contributed by atoms with E-state index in [0.717, 1.165) is 37.9 Å². The zero-order chi connectivity index (χ0) is 14.8. The summed E-state index contributed by atoms with van der Waals surface area (Å²) in [5.41, 5.74) is 3.15. The van der Waals surface area contributed by atoms with Crippen LogP contribution in [0.4, 0.5) is 4.39 Å². The van der Waals surface area contributed by atoms with Gasteiger partial charge in [0.1, 0.15) is 5.82 Å². The molecule has 1 atom stereocenters. The Labute approximate surface area is 129 Å². The van der Waals surface area contributed by atoms with Gasteiger partial charge in [0.25, 0.3) is 0 Å². The average Bonchev–Trinajstić information content (AvgIpc) is 2.92. The first kappa shape index (κ1) is 14.5. The van der Waals surface area contributed by atoms with Crippen molar-refractivity contribution in [3.63, 3.8) is 0 Å². The second kappa shape index (κ2) is 6.16. The normalized spacial score (nSPS) is 17.8. The highest BCUT2D eigenvalue weighted by atomic mass is 35.5. The zero-order valence-electron chi connectivity index (χ0n) is 12.1. The van der Waals surface area contributed by atoms with Gasteiger partial charge < -0.3 is 5.32 Å². The number of rotatable bonds is 4. The van der Waals surface area contributed by atoms with Crippen LogP contribution >= 0.6 is 11.6 Å². The minimum absolute atomic E-state index is 0.141. The Morgan fingerprint density at radius 3 is 3.10 bits per heavy atom. The summed E-state index contributed by atoms with van der Waals surface area (Å²) in [4.78, 5) is 0. The molecular weight excluding hydrogens is 289 g/mol. The van der Waals surface area contributed by atoms with Gasteiger partial charge in [0.15, 0.2) is 0 Å². The fourth-order valence-electron chi connectivity index (χ4n) is 2.93. The summed E-state index contributed by atoms with van der Waals surface area (Å²) >= 11 is 5.75. The third kappa shape index (κ3) is 2.83. The molecule has 2 aromatic rings. The molecule has 0 saturated carbocycles. The second-order valence-electron chi connectivity index (χ2n) is 5.46. The van der Waals surface area contributed by atoms with Crippen molar-refractivity contribution >= 4 is 11.6 Å². The first-order chi connectivity index (χ1) is 10.2. The van der Waals surface area contributed by atoms with Crippen LogP contribution in [0.15, 0.2) is 24.4 Å². The lowest BCUT2D eigenvalue weighted by Crippen LogP contribution is -2.25. The number of nitrogens with zero attached hydrogens (tertiary/aromatic N) is 2. The summed E-state index contributed by atoms with van der Waals surface area (Å²) in [7, 11) is 0. The summed E-state index contributed by atoms with van der Waals surface area (Å²) in [5, 5.41) is 8.17. The highest BCUT2D eigenvalue weighted by Gasteiger charge is 2.24. The monoisotopic (exact) mass is 307 g/mol. The molecule has 1 unspecified atom stereocenters. The topological polar surface area (TPSA) is 29.9 Å². The highest BCUT2D eigenvalue weighted by Crippen LogP contribution is 2.31. The van der Waals surface area contributed by atoms with Gasteiger partial charge in [-0.05, 0) is 44.4 Å². The van der Waals surface area contributed by atoms with E-state index in [1.807, 2.05) is 16.9 Å². The first-order valence-electron chi connectivity index (χ1n) is 7.46. The predicted octanol–water partition coefficient (Wildman–Crippen LogP) is 4.04. The van der Waals surface area contributed by atoms with Crippen molar-refractivity contribution in [2.45, 2.75) is 38.6 Å². The van der Waals surface area contributed by atoms with E-state index in [0.29, 0.717) is 6.04 Å². The zero-order valence-corrected chi connectivity index (χ0v) is 12.8. The molecule has 0 fully saturated rings. The van der Waals surface area contributed by atoms with Crippen molar-refractivity contribution in [3.8, 4) is 5.69 Å². The Balaban J connectivity index is 1.95. The lowest BCUT2D eigenvalue weighted by Gasteiger charge is -2.24. The Hall–Kier alpha value is -1.39. The second-order valence-corrected chi connectivity index (χ2v) is 5.86. The molecule has 0 aliphatic heterocycles. The van der Waals surface area contributed by atoms with Gasteiger partial charge in [0.05, 0.1) is 16.9 Å². The van der Waals surface area contributed by atoms with Crippen LogP contribution in [0.5, 0.6) is 0 Å². The molecule has 1 aromatic heterocycles. The molecular formula is C16H19ClFN3. The molecule has 3 rings (SSSR count). The fraction of sp³-hybridized carbons (Fsp3) is 0.438. The summed E-state index contributed by atoms with van der Waals surface area (Å²) in [5.74, 6) is -0.408. The van der Waals surface area contributed by atoms with Crippen molar-refractivity contribution in [3.05, 3.63) is 46.5 Å². The van der Waals surface area contributed by atoms with E-state index in [1.54, 1.807) is 6.07 Å². The van der Waals surface area contributed by atoms with Crippen LogP contribution in [-0.2, 0) is 6.42 Å². The van der Waals surface area contributed by atoms with Crippen LogP contribution in [0.25, 0.3) is 5.69 Å². The molecule has 1 heterocycles. The van der Waals surface area contributed by atoms with Crippen molar-refractivity contribution in [1.82, 2.24) is 15.1 Å². The van der Waals surface area contributed by atoms with Crippen LogP contribution in [0.2, 0.25) is 5.02 Å². The molecule has 0 radical (unpaired) electrons. The Morgan fingerprint density at radius 2 is 2.33 bits per heavy atom. The van der Waals surface area contributed by atoms with Gasteiger partial charge in [-0.15, -0.1) is 0 Å². The number of benzene rings is 1. The number of hydrogen-bond donors (Lipinski definition) is 1. The molecule has 0 bridgehead atoms. The lowest BCUT2D eigenvalue weighted by molar-refractivity contribution is 0.456. The van der Waals surface area contributed by atoms with Crippen LogP contribution < -0.4 is 5.32 Å². The molecule has 1 aliphatic rings. The lowest BCUT2D eigenvalue weighted by atomic mass is 9.93. The van der Waals surface area contributed by atoms with E-state index < -0.39 is 5.82 Å². The summed E-state index contributed by atoms with van der Waals surface area (Å²) < 4.78 is 15.5. The van der Waals surface area contributed by atoms with E-state index in [-0.39, 0.29) is 5.02 Å². The standard InChI is InChI=1S/C16H19ClFN3/c1-2-8-19-15-4-3-5-16-12(15)10-20-21(16)11-6-7-13(17)14(18)9-11/h6-7,9-10,15,19H,2-5,8H2,1H3. The molecule has 0 spiro atoms. The SMILES string of the molecule is CCCNC1CCCc2c1cnn2-c1ccc(Cl)c(F)c1. The van der Waals surface area contributed by atoms with Crippen molar-refractivity contribution in [1.29, 1.82) is 0 Å². The number of halogens is 2. The summed E-state index contributed by atoms with van der Waals surface area (Å²) in [6, 6.07) is 5.19. The summed E-state index contributed by atoms with van der Waals surface area (Å²) in [6.45, 7) is 3.17. The van der Waals surface area contributed by atoms with E-state index in [9.17, 15) is 4.39 Å². The fourth-order valence-corrected chi connectivity index (χ4v) is 3.04. The molecule has 1 aliphatic carbocycles. The van der Waals surface area contributed by atoms with E-state index >= 15 is 0 Å².